The summed E-state index contributed by atoms with van der Waals surface area (Å²) in [4.78, 5) is 16.7. The molecule has 1 N–H and O–H groups in total. The zero-order chi connectivity index (χ0) is 13.8. The first-order valence-corrected chi connectivity index (χ1v) is 6.83. The molecule has 1 aliphatic heterocycles. The van der Waals surface area contributed by atoms with E-state index >= 15 is 0 Å². The number of amides is 1. The van der Waals surface area contributed by atoms with Gasteiger partial charge in [0.25, 0.3) is 0 Å². The van der Waals surface area contributed by atoms with Crippen LogP contribution in [0.5, 0.6) is 0 Å². The predicted molar refractivity (Wildman–Crippen MR) is 76.9 cm³/mol. The number of hydrogen-bond donors (Lipinski definition) is 1. The predicted octanol–water partition coefficient (Wildman–Crippen LogP) is 1.11. The van der Waals surface area contributed by atoms with Gasteiger partial charge in [0.2, 0.25) is 5.91 Å². The highest BCUT2D eigenvalue weighted by Gasteiger charge is 2.29. The minimum atomic E-state index is -0.188. The normalized spacial score (nSPS) is 21.5. The van der Waals surface area contributed by atoms with E-state index in [9.17, 15) is 4.79 Å². The number of carbonyl (C=O) groups excluding carboxylic acids is 1. The summed E-state index contributed by atoms with van der Waals surface area (Å²) in [6.07, 6.45) is 0. The lowest BCUT2D eigenvalue weighted by Gasteiger charge is -2.36. The van der Waals surface area contributed by atoms with Gasteiger partial charge in [-0.2, -0.15) is 0 Å². The summed E-state index contributed by atoms with van der Waals surface area (Å²) in [5, 5.41) is 3.37. The largest absolute Gasteiger partial charge is 0.338 e. The highest BCUT2D eigenvalue weighted by atomic mass is 16.2. The number of piperazine rings is 1. The fourth-order valence-corrected chi connectivity index (χ4v) is 2.60. The SMILES string of the molecule is C[C@H]1CN(C(=O)[C@H](c2ccccc2)N(C)C)CCN1. The van der Waals surface area contributed by atoms with E-state index in [4.69, 9.17) is 0 Å². The van der Waals surface area contributed by atoms with E-state index < -0.39 is 0 Å². The molecule has 4 heteroatoms. The van der Waals surface area contributed by atoms with Crippen molar-refractivity contribution in [3.8, 4) is 0 Å². The first-order chi connectivity index (χ1) is 9.09. The minimum Gasteiger partial charge on any atom is -0.338 e. The van der Waals surface area contributed by atoms with Gasteiger partial charge in [-0.15, -0.1) is 0 Å². The molecule has 0 radical (unpaired) electrons. The zero-order valence-corrected chi connectivity index (χ0v) is 12.0. The van der Waals surface area contributed by atoms with Gasteiger partial charge < -0.3 is 10.2 Å². The van der Waals surface area contributed by atoms with Gasteiger partial charge >= 0.3 is 0 Å². The molecule has 0 spiro atoms. The lowest BCUT2D eigenvalue weighted by atomic mass is 10.0. The van der Waals surface area contributed by atoms with Crippen molar-refractivity contribution in [1.29, 1.82) is 0 Å². The number of nitrogens with one attached hydrogen (secondary N) is 1. The molecule has 0 unspecified atom stereocenters. The van der Waals surface area contributed by atoms with Crippen molar-refractivity contribution in [3.63, 3.8) is 0 Å². The topological polar surface area (TPSA) is 35.6 Å². The fourth-order valence-electron chi connectivity index (χ4n) is 2.60. The summed E-state index contributed by atoms with van der Waals surface area (Å²) in [5.41, 5.74) is 1.06. The first-order valence-electron chi connectivity index (χ1n) is 6.83. The Morgan fingerprint density at radius 2 is 2.05 bits per heavy atom. The molecule has 0 saturated carbocycles. The van der Waals surface area contributed by atoms with Crippen LogP contribution in [-0.2, 0) is 4.79 Å². The standard InChI is InChI=1S/C15H23N3O/c1-12-11-18(10-9-16-12)15(19)14(17(2)3)13-7-5-4-6-8-13/h4-8,12,14,16H,9-11H2,1-3H3/t12-,14-/m0/s1. The van der Waals surface area contributed by atoms with Gasteiger partial charge in [0.05, 0.1) is 0 Å². The molecule has 0 aromatic heterocycles. The van der Waals surface area contributed by atoms with E-state index in [1.165, 1.54) is 0 Å². The van der Waals surface area contributed by atoms with Crippen LogP contribution in [0.3, 0.4) is 0 Å². The molecule has 1 heterocycles. The minimum absolute atomic E-state index is 0.188. The Morgan fingerprint density at radius 1 is 1.37 bits per heavy atom. The van der Waals surface area contributed by atoms with Crippen molar-refractivity contribution in [2.75, 3.05) is 33.7 Å². The third-order valence-electron chi connectivity index (χ3n) is 3.55. The second-order valence-electron chi connectivity index (χ2n) is 5.42. The number of likely N-dealkylation sites (N-methyl/N-ethyl adjacent to an activating group) is 1. The van der Waals surface area contributed by atoms with Gasteiger partial charge in [0.15, 0.2) is 0 Å². The molecule has 0 aliphatic carbocycles. The van der Waals surface area contributed by atoms with Crippen LogP contribution in [0.4, 0.5) is 0 Å². The molecule has 1 fully saturated rings. The lowest BCUT2D eigenvalue weighted by molar-refractivity contribution is -0.137. The van der Waals surface area contributed by atoms with E-state index in [0.29, 0.717) is 6.04 Å². The number of benzene rings is 1. The van der Waals surface area contributed by atoms with Gasteiger partial charge in [0, 0.05) is 25.7 Å². The van der Waals surface area contributed by atoms with E-state index in [-0.39, 0.29) is 11.9 Å². The van der Waals surface area contributed by atoms with Crippen molar-refractivity contribution >= 4 is 5.91 Å². The molecule has 19 heavy (non-hydrogen) atoms. The Bertz CT molecular complexity index is 419. The maximum absolute atomic E-state index is 12.7. The van der Waals surface area contributed by atoms with Crippen molar-refractivity contribution in [1.82, 2.24) is 15.1 Å². The van der Waals surface area contributed by atoms with Crippen LogP contribution in [0.25, 0.3) is 0 Å². The Hall–Kier alpha value is -1.39. The monoisotopic (exact) mass is 261 g/mol. The average Bonchev–Trinajstić information content (AvgIpc) is 2.39. The molecule has 1 saturated heterocycles. The highest BCUT2D eigenvalue weighted by molar-refractivity contribution is 5.83. The quantitative estimate of drug-likeness (QED) is 0.885. The molecule has 4 nitrogen and oxygen atoms in total. The second-order valence-corrected chi connectivity index (χ2v) is 5.42. The first kappa shape index (κ1) is 14.0. The van der Waals surface area contributed by atoms with E-state index in [0.717, 1.165) is 25.2 Å². The van der Waals surface area contributed by atoms with Crippen molar-refractivity contribution in [2.45, 2.75) is 19.0 Å². The maximum Gasteiger partial charge on any atom is 0.244 e. The molecule has 1 aliphatic rings. The zero-order valence-electron chi connectivity index (χ0n) is 12.0. The number of nitrogens with zero attached hydrogens (tertiary/aromatic N) is 2. The summed E-state index contributed by atoms with van der Waals surface area (Å²) in [6.45, 7) is 4.57. The lowest BCUT2D eigenvalue weighted by Crippen LogP contribution is -2.53. The van der Waals surface area contributed by atoms with Crippen molar-refractivity contribution in [3.05, 3.63) is 35.9 Å². The molecule has 1 aromatic rings. The molecular formula is C15H23N3O. The number of carbonyl (C=O) groups is 1. The van der Waals surface area contributed by atoms with Crippen LogP contribution in [0.15, 0.2) is 30.3 Å². The molecule has 104 valence electrons. The van der Waals surface area contributed by atoms with Crippen LogP contribution in [-0.4, -0.2) is 55.5 Å². The van der Waals surface area contributed by atoms with Crippen LogP contribution in [0, 0.1) is 0 Å². The Kier molecular flexibility index (Phi) is 4.56. The Morgan fingerprint density at radius 3 is 2.63 bits per heavy atom. The van der Waals surface area contributed by atoms with E-state index in [2.05, 4.69) is 12.2 Å². The van der Waals surface area contributed by atoms with Crippen LogP contribution in [0.2, 0.25) is 0 Å². The van der Waals surface area contributed by atoms with E-state index in [1.807, 2.05) is 54.2 Å². The van der Waals surface area contributed by atoms with Gasteiger partial charge in [-0.3, -0.25) is 9.69 Å². The van der Waals surface area contributed by atoms with Crippen LogP contribution in [0.1, 0.15) is 18.5 Å². The fraction of sp³-hybridized carbons (Fsp3) is 0.533. The van der Waals surface area contributed by atoms with E-state index in [1.54, 1.807) is 0 Å². The number of hydrogen-bond acceptors (Lipinski definition) is 3. The van der Waals surface area contributed by atoms with Gasteiger partial charge in [0.1, 0.15) is 6.04 Å². The average molecular weight is 261 g/mol. The molecule has 2 atom stereocenters. The van der Waals surface area contributed by atoms with Crippen molar-refractivity contribution < 1.29 is 4.79 Å². The van der Waals surface area contributed by atoms with Crippen LogP contribution >= 0.6 is 0 Å². The summed E-state index contributed by atoms with van der Waals surface area (Å²) in [5.74, 6) is 0.199. The summed E-state index contributed by atoms with van der Waals surface area (Å²) in [6, 6.07) is 10.2. The second kappa shape index (κ2) is 6.17. The molecule has 0 bridgehead atoms. The molecular weight excluding hydrogens is 238 g/mol. The third-order valence-corrected chi connectivity index (χ3v) is 3.55. The van der Waals surface area contributed by atoms with Gasteiger partial charge in [-0.1, -0.05) is 30.3 Å². The Labute approximate surface area is 115 Å². The highest BCUT2D eigenvalue weighted by Crippen LogP contribution is 2.21. The van der Waals surface area contributed by atoms with Crippen LogP contribution < -0.4 is 5.32 Å². The van der Waals surface area contributed by atoms with Crippen molar-refractivity contribution in [2.24, 2.45) is 0 Å². The summed E-state index contributed by atoms with van der Waals surface area (Å²) in [7, 11) is 3.92. The third kappa shape index (κ3) is 3.33. The molecule has 1 aromatic carbocycles. The Balaban J connectivity index is 2.17. The number of rotatable bonds is 3. The van der Waals surface area contributed by atoms with Gasteiger partial charge in [-0.05, 0) is 26.6 Å². The smallest absolute Gasteiger partial charge is 0.244 e. The summed E-state index contributed by atoms with van der Waals surface area (Å²) < 4.78 is 0. The molecule has 2 rings (SSSR count). The summed E-state index contributed by atoms with van der Waals surface area (Å²) >= 11 is 0. The maximum atomic E-state index is 12.7. The van der Waals surface area contributed by atoms with Gasteiger partial charge in [-0.25, -0.2) is 0 Å². The molecule has 1 amide bonds.